The van der Waals surface area contributed by atoms with Gasteiger partial charge in [-0.3, -0.25) is 15.0 Å². The summed E-state index contributed by atoms with van der Waals surface area (Å²) >= 11 is 0. The predicted octanol–water partition coefficient (Wildman–Crippen LogP) is 2.48. The third-order valence-corrected chi connectivity index (χ3v) is 4.54. The van der Waals surface area contributed by atoms with Crippen molar-refractivity contribution in [2.24, 2.45) is 11.7 Å². The molecule has 0 radical (unpaired) electrons. The summed E-state index contributed by atoms with van der Waals surface area (Å²) in [5, 5.41) is 2.61. The Bertz CT molecular complexity index is 735. The van der Waals surface area contributed by atoms with Crippen LogP contribution < -0.4 is 11.2 Å². The van der Waals surface area contributed by atoms with Crippen molar-refractivity contribution in [3.05, 3.63) is 36.1 Å². The first kappa shape index (κ1) is 17.6. The number of nitrogens with zero attached hydrogens (tertiary/aromatic N) is 1. The lowest BCUT2D eigenvalue weighted by Crippen LogP contribution is -2.53. The number of furan rings is 1. The van der Waals surface area contributed by atoms with E-state index in [9.17, 15) is 9.59 Å². The summed E-state index contributed by atoms with van der Waals surface area (Å²) in [6.45, 7) is 4.69. The number of amides is 1. The maximum absolute atomic E-state index is 12.8. The number of hydrazine groups is 1. The molecule has 0 bridgehead atoms. The van der Waals surface area contributed by atoms with Gasteiger partial charge in [-0.2, -0.15) is 0 Å². The lowest BCUT2D eigenvalue weighted by atomic mass is 10.0. The number of nitrogens with one attached hydrogen (secondary N) is 1. The van der Waals surface area contributed by atoms with Gasteiger partial charge in [-0.15, -0.1) is 0 Å². The molecular formula is C19H25N3O3. The van der Waals surface area contributed by atoms with Crippen molar-refractivity contribution in [1.82, 2.24) is 10.4 Å². The van der Waals surface area contributed by atoms with E-state index in [1.165, 1.54) is 0 Å². The van der Waals surface area contributed by atoms with E-state index in [1.807, 2.05) is 38.1 Å². The Labute approximate surface area is 147 Å². The number of Topliss-reactive ketones (excluding diaryl/α,β-unsaturated/α-hetero) is 1. The third-order valence-electron chi connectivity index (χ3n) is 4.54. The fraction of sp³-hybridized carbons (Fsp3) is 0.474. The third kappa shape index (κ3) is 3.91. The minimum absolute atomic E-state index is 0.105. The lowest BCUT2D eigenvalue weighted by Gasteiger charge is -2.25. The molecule has 2 aromatic rings. The summed E-state index contributed by atoms with van der Waals surface area (Å²) in [5.41, 5.74) is 9.46. The first-order valence-corrected chi connectivity index (χ1v) is 8.81. The van der Waals surface area contributed by atoms with E-state index in [0.717, 1.165) is 11.8 Å². The SMILES string of the molecule is CC(C)C[C@H](N)C(=O)NN1CCCC1C(=O)c1cc2ccccc2o1. The molecule has 0 spiro atoms. The van der Waals surface area contributed by atoms with Crippen molar-refractivity contribution in [3.8, 4) is 0 Å². The van der Waals surface area contributed by atoms with Crippen LogP contribution in [0, 0.1) is 5.92 Å². The molecule has 1 unspecified atom stereocenters. The Kier molecular flexibility index (Phi) is 5.20. The van der Waals surface area contributed by atoms with Gasteiger partial charge in [-0.05, 0) is 37.3 Å². The van der Waals surface area contributed by atoms with Gasteiger partial charge in [0.15, 0.2) is 5.76 Å². The first-order valence-electron chi connectivity index (χ1n) is 8.81. The molecule has 3 rings (SSSR count). The molecule has 1 aliphatic heterocycles. The fourth-order valence-electron chi connectivity index (χ4n) is 3.28. The van der Waals surface area contributed by atoms with Gasteiger partial charge >= 0.3 is 0 Å². The molecular weight excluding hydrogens is 318 g/mol. The van der Waals surface area contributed by atoms with Crippen LogP contribution in [0.1, 0.15) is 43.7 Å². The molecule has 6 nitrogen and oxygen atoms in total. The smallest absolute Gasteiger partial charge is 0.251 e. The van der Waals surface area contributed by atoms with Gasteiger partial charge in [0, 0.05) is 11.9 Å². The Morgan fingerprint density at radius 2 is 2.12 bits per heavy atom. The average Bonchev–Trinajstić information content (AvgIpc) is 3.19. The van der Waals surface area contributed by atoms with Gasteiger partial charge in [0.25, 0.3) is 5.91 Å². The number of ketones is 1. The molecule has 1 fully saturated rings. The first-order chi connectivity index (χ1) is 12.0. The van der Waals surface area contributed by atoms with Crippen molar-refractivity contribution in [2.75, 3.05) is 6.54 Å². The Morgan fingerprint density at radius 3 is 2.84 bits per heavy atom. The van der Waals surface area contributed by atoms with Crippen LogP contribution in [-0.4, -0.2) is 35.3 Å². The van der Waals surface area contributed by atoms with Gasteiger partial charge in [-0.1, -0.05) is 32.0 Å². The van der Waals surface area contributed by atoms with Gasteiger partial charge in [0.2, 0.25) is 5.78 Å². The van der Waals surface area contributed by atoms with Crippen LogP contribution in [0.15, 0.2) is 34.7 Å². The largest absolute Gasteiger partial charge is 0.453 e. The number of benzene rings is 1. The zero-order valence-electron chi connectivity index (χ0n) is 14.7. The highest BCUT2D eigenvalue weighted by atomic mass is 16.3. The van der Waals surface area contributed by atoms with E-state index in [-0.39, 0.29) is 11.7 Å². The van der Waals surface area contributed by atoms with Crippen LogP contribution in [0.2, 0.25) is 0 Å². The minimum atomic E-state index is -0.567. The summed E-state index contributed by atoms with van der Waals surface area (Å²) in [7, 11) is 0. The van der Waals surface area contributed by atoms with Crippen LogP contribution in [-0.2, 0) is 4.79 Å². The molecule has 3 N–H and O–H groups in total. The minimum Gasteiger partial charge on any atom is -0.453 e. The van der Waals surface area contributed by atoms with Crippen LogP contribution in [0.25, 0.3) is 11.0 Å². The second-order valence-corrected chi connectivity index (χ2v) is 7.08. The van der Waals surface area contributed by atoms with Gasteiger partial charge < -0.3 is 10.2 Å². The van der Waals surface area contributed by atoms with E-state index in [1.54, 1.807) is 11.1 Å². The fourth-order valence-corrected chi connectivity index (χ4v) is 3.28. The number of carbonyl (C=O) groups excluding carboxylic acids is 2. The molecule has 2 atom stereocenters. The summed E-state index contributed by atoms with van der Waals surface area (Å²) in [6, 6.07) is 8.32. The number of fused-ring (bicyclic) bond motifs is 1. The van der Waals surface area contributed by atoms with Crippen LogP contribution >= 0.6 is 0 Å². The van der Waals surface area contributed by atoms with Crippen molar-refractivity contribution < 1.29 is 14.0 Å². The molecule has 134 valence electrons. The predicted molar refractivity (Wildman–Crippen MR) is 95.8 cm³/mol. The quantitative estimate of drug-likeness (QED) is 0.787. The molecule has 1 amide bonds. The van der Waals surface area contributed by atoms with Crippen LogP contribution in [0.4, 0.5) is 0 Å². The van der Waals surface area contributed by atoms with E-state index < -0.39 is 12.1 Å². The maximum atomic E-state index is 12.8. The molecule has 1 aromatic carbocycles. The molecule has 0 aliphatic carbocycles. The summed E-state index contributed by atoms with van der Waals surface area (Å²) in [6.07, 6.45) is 2.15. The second kappa shape index (κ2) is 7.37. The number of carbonyl (C=O) groups is 2. The van der Waals surface area contributed by atoms with E-state index in [4.69, 9.17) is 10.2 Å². The number of rotatable bonds is 6. The normalized spacial score (nSPS) is 19.4. The van der Waals surface area contributed by atoms with Crippen molar-refractivity contribution in [3.63, 3.8) is 0 Å². The highest BCUT2D eigenvalue weighted by molar-refractivity contribution is 6.01. The Balaban J connectivity index is 1.70. The Hall–Kier alpha value is -2.18. The van der Waals surface area contributed by atoms with E-state index >= 15 is 0 Å². The molecule has 1 saturated heterocycles. The Morgan fingerprint density at radius 1 is 1.36 bits per heavy atom. The second-order valence-electron chi connectivity index (χ2n) is 7.08. The molecule has 25 heavy (non-hydrogen) atoms. The number of hydrogen-bond donors (Lipinski definition) is 2. The molecule has 1 aliphatic rings. The van der Waals surface area contributed by atoms with E-state index in [2.05, 4.69) is 5.43 Å². The number of para-hydroxylation sites is 1. The van der Waals surface area contributed by atoms with Gasteiger partial charge in [-0.25, -0.2) is 5.01 Å². The zero-order valence-corrected chi connectivity index (χ0v) is 14.7. The van der Waals surface area contributed by atoms with Crippen molar-refractivity contribution in [1.29, 1.82) is 0 Å². The number of hydrogen-bond acceptors (Lipinski definition) is 5. The topological polar surface area (TPSA) is 88.6 Å². The summed E-state index contributed by atoms with van der Waals surface area (Å²) < 4.78 is 5.68. The van der Waals surface area contributed by atoms with Gasteiger partial charge in [0.1, 0.15) is 5.58 Å². The van der Waals surface area contributed by atoms with Crippen LogP contribution in [0.3, 0.4) is 0 Å². The molecule has 1 aromatic heterocycles. The average molecular weight is 343 g/mol. The van der Waals surface area contributed by atoms with Gasteiger partial charge in [0.05, 0.1) is 12.1 Å². The molecule has 0 saturated carbocycles. The highest BCUT2D eigenvalue weighted by Crippen LogP contribution is 2.24. The maximum Gasteiger partial charge on any atom is 0.251 e. The summed E-state index contributed by atoms with van der Waals surface area (Å²) in [4.78, 5) is 25.1. The van der Waals surface area contributed by atoms with Crippen LogP contribution in [0.5, 0.6) is 0 Å². The summed E-state index contributed by atoms with van der Waals surface area (Å²) in [5.74, 6) is 0.329. The standard InChI is InChI=1S/C19H25N3O3/c1-12(2)10-14(20)19(24)21-22-9-5-7-15(22)18(23)17-11-13-6-3-4-8-16(13)25-17/h3-4,6,8,11-12,14-15H,5,7,9-10,20H2,1-2H3,(H,21,24)/t14-,15?/m0/s1. The monoisotopic (exact) mass is 343 g/mol. The molecule has 6 heteroatoms. The van der Waals surface area contributed by atoms with E-state index in [0.29, 0.717) is 36.6 Å². The lowest BCUT2D eigenvalue weighted by molar-refractivity contribution is -0.127. The van der Waals surface area contributed by atoms with Crippen molar-refractivity contribution in [2.45, 2.75) is 45.2 Å². The van der Waals surface area contributed by atoms with Crippen molar-refractivity contribution >= 4 is 22.7 Å². The number of nitrogens with two attached hydrogens (primary N) is 1. The molecule has 2 heterocycles. The zero-order chi connectivity index (χ0) is 18.0. The highest BCUT2D eigenvalue weighted by Gasteiger charge is 2.34.